The first-order valence-electron chi connectivity index (χ1n) is 5.50. The lowest BCUT2D eigenvalue weighted by Crippen LogP contribution is -2.06. The third-order valence-corrected chi connectivity index (χ3v) is 2.88. The van der Waals surface area contributed by atoms with Gasteiger partial charge in [0.15, 0.2) is 17.8 Å². The highest BCUT2D eigenvalue weighted by atomic mass is 35.5. The molecule has 2 aromatic rings. The second-order valence-corrected chi connectivity index (χ2v) is 4.12. The van der Waals surface area contributed by atoms with Crippen LogP contribution in [0.5, 0.6) is 0 Å². The van der Waals surface area contributed by atoms with Crippen molar-refractivity contribution >= 4 is 17.6 Å². The summed E-state index contributed by atoms with van der Waals surface area (Å²) in [6.45, 7) is 3.93. The highest BCUT2D eigenvalue weighted by Gasteiger charge is 2.19. The van der Waals surface area contributed by atoms with Crippen LogP contribution in [0, 0.1) is 6.92 Å². The second kappa shape index (κ2) is 5.23. The largest absolute Gasteiger partial charge is 0.461 e. The van der Waals surface area contributed by atoms with Crippen molar-refractivity contribution in [3.05, 3.63) is 40.9 Å². The Kier molecular flexibility index (Phi) is 3.67. The van der Waals surface area contributed by atoms with Crippen molar-refractivity contribution in [2.45, 2.75) is 13.8 Å². The molecule has 0 aliphatic heterocycles. The van der Waals surface area contributed by atoms with E-state index < -0.39 is 5.97 Å². The van der Waals surface area contributed by atoms with Crippen LogP contribution in [0.25, 0.3) is 11.3 Å². The molecule has 0 N–H and O–H groups in total. The van der Waals surface area contributed by atoms with Crippen molar-refractivity contribution in [1.82, 2.24) is 4.98 Å². The Morgan fingerprint density at radius 2 is 2.28 bits per heavy atom. The van der Waals surface area contributed by atoms with Crippen molar-refractivity contribution in [2.24, 2.45) is 0 Å². The molecule has 2 rings (SSSR count). The van der Waals surface area contributed by atoms with Gasteiger partial charge in [-0.2, -0.15) is 0 Å². The van der Waals surface area contributed by atoms with Crippen LogP contribution in [0.2, 0.25) is 5.02 Å². The number of rotatable bonds is 3. The normalized spacial score (nSPS) is 10.4. The number of carbonyl (C=O) groups excluding carboxylic acids is 1. The average Bonchev–Trinajstić information content (AvgIpc) is 2.82. The van der Waals surface area contributed by atoms with Crippen LogP contribution in [-0.2, 0) is 4.74 Å². The number of oxazole rings is 1. The molecule has 0 unspecified atom stereocenters. The van der Waals surface area contributed by atoms with E-state index in [0.717, 1.165) is 5.56 Å². The Morgan fingerprint density at radius 3 is 2.94 bits per heavy atom. The predicted octanol–water partition coefficient (Wildman–Crippen LogP) is 3.48. The van der Waals surface area contributed by atoms with Crippen molar-refractivity contribution in [3.8, 4) is 11.3 Å². The molecule has 1 aromatic heterocycles. The lowest BCUT2D eigenvalue weighted by atomic mass is 10.1. The van der Waals surface area contributed by atoms with Crippen molar-refractivity contribution in [2.75, 3.05) is 6.61 Å². The number of hydrogen-bond donors (Lipinski definition) is 0. The predicted molar refractivity (Wildman–Crippen MR) is 67.6 cm³/mol. The number of benzene rings is 1. The van der Waals surface area contributed by atoms with Gasteiger partial charge in [0.1, 0.15) is 0 Å². The molecule has 0 amide bonds. The number of carbonyl (C=O) groups is 1. The maximum atomic E-state index is 11.7. The summed E-state index contributed by atoms with van der Waals surface area (Å²) in [7, 11) is 0. The molecule has 0 spiro atoms. The summed E-state index contributed by atoms with van der Waals surface area (Å²) in [5.74, 6) is -0.131. The molecule has 0 atom stereocenters. The molecule has 0 saturated carbocycles. The molecular formula is C13H12ClNO3. The van der Waals surface area contributed by atoms with Gasteiger partial charge in [-0.25, -0.2) is 9.78 Å². The Balaban J connectivity index is 2.42. The zero-order valence-corrected chi connectivity index (χ0v) is 10.8. The third kappa shape index (κ3) is 2.38. The third-order valence-electron chi connectivity index (χ3n) is 2.47. The number of hydrogen-bond acceptors (Lipinski definition) is 4. The van der Waals surface area contributed by atoms with Crippen LogP contribution >= 0.6 is 11.6 Å². The van der Waals surface area contributed by atoms with E-state index in [0.29, 0.717) is 23.0 Å². The molecule has 0 bridgehead atoms. The van der Waals surface area contributed by atoms with Crippen molar-refractivity contribution < 1.29 is 13.9 Å². The number of esters is 1. The van der Waals surface area contributed by atoms with Crippen molar-refractivity contribution in [1.29, 1.82) is 0 Å². The van der Waals surface area contributed by atoms with E-state index in [1.165, 1.54) is 6.39 Å². The van der Waals surface area contributed by atoms with E-state index in [-0.39, 0.29) is 5.69 Å². The highest BCUT2D eigenvalue weighted by Crippen LogP contribution is 2.27. The van der Waals surface area contributed by atoms with E-state index >= 15 is 0 Å². The maximum Gasteiger partial charge on any atom is 0.360 e. The van der Waals surface area contributed by atoms with Crippen LogP contribution in [0.1, 0.15) is 23.0 Å². The number of aryl methyl sites for hydroxylation is 1. The number of aromatic nitrogens is 1. The van der Waals surface area contributed by atoms with Crippen LogP contribution in [0.4, 0.5) is 0 Å². The standard InChI is InChI=1S/C13H12ClNO3/c1-3-17-13(16)11-12(18-7-15-11)9-5-4-8(2)10(14)6-9/h4-7H,3H2,1-2H3. The molecule has 1 heterocycles. The molecule has 4 nitrogen and oxygen atoms in total. The smallest absolute Gasteiger partial charge is 0.360 e. The summed E-state index contributed by atoms with van der Waals surface area (Å²) in [6, 6.07) is 5.42. The molecule has 0 aliphatic rings. The van der Waals surface area contributed by atoms with Crippen LogP contribution < -0.4 is 0 Å². The maximum absolute atomic E-state index is 11.7. The molecule has 18 heavy (non-hydrogen) atoms. The highest BCUT2D eigenvalue weighted by molar-refractivity contribution is 6.31. The van der Waals surface area contributed by atoms with E-state index in [9.17, 15) is 4.79 Å². The van der Waals surface area contributed by atoms with Gasteiger partial charge in [-0.05, 0) is 25.5 Å². The average molecular weight is 266 g/mol. The molecule has 0 aliphatic carbocycles. The lowest BCUT2D eigenvalue weighted by Gasteiger charge is -2.03. The summed E-state index contributed by atoms with van der Waals surface area (Å²) in [5.41, 5.74) is 1.82. The minimum atomic E-state index is -0.502. The van der Waals surface area contributed by atoms with Gasteiger partial charge < -0.3 is 9.15 Å². The second-order valence-electron chi connectivity index (χ2n) is 3.71. The fourth-order valence-electron chi connectivity index (χ4n) is 1.53. The van der Waals surface area contributed by atoms with E-state index in [4.69, 9.17) is 20.8 Å². The van der Waals surface area contributed by atoms with E-state index in [1.807, 2.05) is 19.1 Å². The van der Waals surface area contributed by atoms with Crippen LogP contribution in [0.15, 0.2) is 29.0 Å². The van der Waals surface area contributed by atoms with Gasteiger partial charge in [-0.3, -0.25) is 0 Å². The topological polar surface area (TPSA) is 52.3 Å². The van der Waals surface area contributed by atoms with E-state index in [1.54, 1.807) is 13.0 Å². The molecule has 5 heteroatoms. The summed E-state index contributed by atoms with van der Waals surface area (Å²) in [4.78, 5) is 15.6. The van der Waals surface area contributed by atoms with Gasteiger partial charge in [0.25, 0.3) is 0 Å². The minimum Gasteiger partial charge on any atom is -0.461 e. The minimum absolute atomic E-state index is 0.164. The fraction of sp³-hybridized carbons (Fsp3) is 0.231. The molecule has 0 fully saturated rings. The first-order valence-corrected chi connectivity index (χ1v) is 5.88. The molecule has 0 radical (unpaired) electrons. The quantitative estimate of drug-likeness (QED) is 0.797. The van der Waals surface area contributed by atoms with E-state index in [2.05, 4.69) is 4.98 Å². The fourth-order valence-corrected chi connectivity index (χ4v) is 1.71. The summed E-state index contributed by atoms with van der Waals surface area (Å²) < 4.78 is 10.2. The lowest BCUT2D eigenvalue weighted by molar-refractivity contribution is 0.0520. The van der Waals surface area contributed by atoms with Gasteiger partial charge in [-0.15, -0.1) is 0 Å². The number of halogens is 1. The monoisotopic (exact) mass is 265 g/mol. The summed E-state index contributed by atoms with van der Waals surface area (Å²) in [5, 5.41) is 0.610. The molecular weight excluding hydrogens is 254 g/mol. The Bertz CT molecular complexity index is 577. The van der Waals surface area contributed by atoms with Crippen molar-refractivity contribution in [3.63, 3.8) is 0 Å². The number of nitrogens with zero attached hydrogens (tertiary/aromatic N) is 1. The summed E-state index contributed by atoms with van der Waals surface area (Å²) >= 11 is 6.05. The van der Waals surface area contributed by atoms with Gasteiger partial charge >= 0.3 is 5.97 Å². The van der Waals surface area contributed by atoms with Gasteiger partial charge in [0.2, 0.25) is 0 Å². The Morgan fingerprint density at radius 1 is 1.50 bits per heavy atom. The van der Waals surface area contributed by atoms with Crippen LogP contribution in [0.3, 0.4) is 0 Å². The first-order chi connectivity index (χ1) is 8.63. The number of ether oxygens (including phenoxy) is 1. The Labute approximate surface area is 110 Å². The SMILES string of the molecule is CCOC(=O)c1ncoc1-c1ccc(C)c(Cl)c1. The molecule has 1 aromatic carbocycles. The van der Waals surface area contributed by atoms with Crippen LogP contribution in [-0.4, -0.2) is 17.6 Å². The Hall–Kier alpha value is -1.81. The van der Waals surface area contributed by atoms with Gasteiger partial charge in [0, 0.05) is 10.6 Å². The molecule has 94 valence electrons. The molecule has 0 saturated heterocycles. The zero-order valence-electron chi connectivity index (χ0n) is 10.1. The first kappa shape index (κ1) is 12.6. The zero-order chi connectivity index (χ0) is 13.1. The van der Waals surface area contributed by atoms with Gasteiger partial charge in [-0.1, -0.05) is 23.7 Å². The summed E-state index contributed by atoms with van der Waals surface area (Å²) in [6.07, 6.45) is 1.22. The van der Waals surface area contributed by atoms with Gasteiger partial charge in [0.05, 0.1) is 6.61 Å².